The maximum absolute atomic E-state index is 11.1. The van der Waals surface area contributed by atoms with E-state index in [0.717, 1.165) is 28.3 Å². The van der Waals surface area contributed by atoms with Crippen molar-refractivity contribution in [3.8, 4) is 0 Å². The number of aliphatic hydroxyl groups is 1. The average Bonchev–Trinajstić information content (AvgIpc) is 2.90. The summed E-state index contributed by atoms with van der Waals surface area (Å²) in [5.41, 5.74) is 5.16. The van der Waals surface area contributed by atoms with Crippen molar-refractivity contribution in [3.05, 3.63) is 71.4 Å². The van der Waals surface area contributed by atoms with Gasteiger partial charge in [-0.15, -0.1) is 0 Å². The van der Waals surface area contributed by atoms with Crippen LogP contribution in [0.4, 0.5) is 17.2 Å². The van der Waals surface area contributed by atoms with Crippen LogP contribution in [0.1, 0.15) is 42.7 Å². The van der Waals surface area contributed by atoms with Crippen molar-refractivity contribution in [1.29, 1.82) is 0 Å². The van der Waals surface area contributed by atoms with Gasteiger partial charge in [-0.2, -0.15) is 5.10 Å². The minimum Gasteiger partial charge on any atom is -0.369 e. The number of aliphatic hydroxyl groups excluding tert-OH is 1. The second-order valence-corrected chi connectivity index (χ2v) is 7.11. The largest absolute Gasteiger partial charge is 0.369 e. The standard InChI is InChI=1S/C21H24N4O/c1-14(2)15-8-10-16(11-9-15)21(26)25-13-17-12-22-24(3)20(17)23-18-6-4-5-7-19(18)25/h4-12,14,21,23,26H,13H2,1-3H3. The van der Waals surface area contributed by atoms with Gasteiger partial charge in [-0.1, -0.05) is 50.2 Å². The van der Waals surface area contributed by atoms with Crippen LogP contribution in [0, 0.1) is 0 Å². The van der Waals surface area contributed by atoms with Gasteiger partial charge in [0.25, 0.3) is 0 Å². The predicted molar refractivity (Wildman–Crippen MR) is 105 cm³/mol. The van der Waals surface area contributed by atoms with Crippen molar-refractivity contribution >= 4 is 17.2 Å². The van der Waals surface area contributed by atoms with Gasteiger partial charge >= 0.3 is 0 Å². The highest BCUT2D eigenvalue weighted by atomic mass is 16.3. The van der Waals surface area contributed by atoms with Crippen LogP contribution in [0.3, 0.4) is 0 Å². The Morgan fingerprint density at radius 2 is 1.73 bits per heavy atom. The van der Waals surface area contributed by atoms with Crippen molar-refractivity contribution < 1.29 is 5.11 Å². The van der Waals surface area contributed by atoms with Crippen LogP contribution in [-0.2, 0) is 13.6 Å². The van der Waals surface area contributed by atoms with E-state index in [-0.39, 0.29) is 0 Å². The molecule has 1 aliphatic heterocycles. The van der Waals surface area contributed by atoms with Gasteiger partial charge in [0.15, 0.2) is 6.23 Å². The molecule has 5 nitrogen and oxygen atoms in total. The van der Waals surface area contributed by atoms with Crippen molar-refractivity contribution in [2.75, 3.05) is 10.2 Å². The molecule has 0 fully saturated rings. The minimum atomic E-state index is -0.731. The quantitative estimate of drug-likeness (QED) is 0.741. The molecular formula is C21H24N4O. The number of nitrogens with zero attached hydrogens (tertiary/aromatic N) is 3. The summed E-state index contributed by atoms with van der Waals surface area (Å²) in [6, 6.07) is 16.3. The molecule has 5 heteroatoms. The SMILES string of the molecule is CC(C)c1ccc(C(O)N2Cc3cnn(C)c3Nc3ccccc32)cc1. The van der Waals surface area contributed by atoms with Crippen LogP contribution in [0.5, 0.6) is 0 Å². The number of rotatable bonds is 3. The fourth-order valence-corrected chi connectivity index (χ4v) is 3.44. The number of hydrogen-bond donors (Lipinski definition) is 2. The topological polar surface area (TPSA) is 53.3 Å². The first-order valence-electron chi connectivity index (χ1n) is 8.96. The molecule has 2 aromatic carbocycles. The van der Waals surface area contributed by atoms with Gasteiger partial charge in [-0.3, -0.25) is 4.68 Å². The summed E-state index contributed by atoms with van der Waals surface area (Å²) in [7, 11) is 1.92. The van der Waals surface area contributed by atoms with Crippen molar-refractivity contribution in [3.63, 3.8) is 0 Å². The molecule has 1 atom stereocenters. The first-order chi connectivity index (χ1) is 12.5. The second-order valence-electron chi connectivity index (χ2n) is 7.11. The molecule has 3 aromatic rings. The maximum Gasteiger partial charge on any atom is 0.153 e. The highest BCUT2D eigenvalue weighted by Gasteiger charge is 2.26. The molecule has 0 aliphatic carbocycles. The zero-order valence-electron chi connectivity index (χ0n) is 15.3. The smallest absolute Gasteiger partial charge is 0.153 e. The van der Waals surface area contributed by atoms with Crippen molar-refractivity contribution in [2.24, 2.45) is 7.05 Å². The summed E-state index contributed by atoms with van der Waals surface area (Å²) < 4.78 is 1.83. The van der Waals surface area contributed by atoms with Gasteiger partial charge in [0.05, 0.1) is 24.1 Å². The molecule has 0 amide bonds. The normalized spacial score (nSPS) is 14.4. The van der Waals surface area contributed by atoms with Gasteiger partial charge in [0, 0.05) is 18.2 Å². The molecule has 0 radical (unpaired) electrons. The van der Waals surface area contributed by atoms with E-state index in [0.29, 0.717) is 12.5 Å². The van der Waals surface area contributed by atoms with E-state index in [1.807, 2.05) is 59.2 Å². The summed E-state index contributed by atoms with van der Waals surface area (Å²) in [4.78, 5) is 2.01. The Labute approximate surface area is 153 Å². The zero-order valence-corrected chi connectivity index (χ0v) is 15.3. The Kier molecular flexibility index (Phi) is 4.17. The highest BCUT2D eigenvalue weighted by molar-refractivity contribution is 5.77. The predicted octanol–water partition coefficient (Wildman–Crippen LogP) is 4.30. The lowest BCUT2D eigenvalue weighted by Crippen LogP contribution is -2.27. The van der Waals surface area contributed by atoms with Gasteiger partial charge in [-0.25, -0.2) is 0 Å². The molecule has 1 unspecified atom stereocenters. The van der Waals surface area contributed by atoms with E-state index in [1.54, 1.807) is 0 Å². The summed E-state index contributed by atoms with van der Waals surface area (Å²) in [6.07, 6.45) is 1.13. The van der Waals surface area contributed by atoms with E-state index in [9.17, 15) is 5.11 Å². The van der Waals surface area contributed by atoms with Crippen LogP contribution in [0.2, 0.25) is 0 Å². The fraction of sp³-hybridized carbons (Fsp3) is 0.286. The number of anilines is 3. The summed E-state index contributed by atoms with van der Waals surface area (Å²) >= 11 is 0. The van der Waals surface area contributed by atoms with Gasteiger partial charge in [-0.05, 0) is 23.6 Å². The third-order valence-electron chi connectivity index (χ3n) is 5.02. The van der Waals surface area contributed by atoms with Crippen LogP contribution in [-0.4, -0.2) is 14.9 Å². The Hall–Kier alpha value is -2.79. The van der Waals surface area contributed by atoms with Crippen LogP contribution < -0.4 is 10.2 Å². The number of aryl methyl sites for hydroxylation is 1. The van der Waals surface area contributed by atoms with Crippen molar-refractivity contribution in [2.45, 2.75) is 32.5 Å². The number of hydrogen-bond acceptors (Lipinski definition) is 4. The Bertz CT molecular complexity index is 914. The molecule has 2 heterocycles. The third-order valence-corrected chi connectivity index (χ3v) is 5.02. The molecule has 1 aliphatic rings. The molecule has 26 heavy (non-hydrogen) atoms. The van der Waals surface area contributed by atoms with E-state index in [4.69, 9.17) is 0 Å². The third kappa shape index (κ3) is 2.84. The zero-order chi connectivity index (χ0) is 18.3. The Balaban J connectivity index is 1.74. The molecule has 4 rings (SSSR count). The molecular weight excluding hydrogens is 324 g/mol. The summed E-state index contributed by atoms with van der Waals surface area (Å²) in [5, 5.41) is 19.0. The lowest BCUT2D eigenvalue weighted by atomic mass is 10.0. The summed E-state index contributed by atoms with van der Waals surface area (Å²) in [6.45, 7) is 4.93. The lowest BCUT2D eigenvalue weighted by Gasteiger charge is -2.30. The van der Waals surface area contributed by atoms with E-state index >= 15 is 0 Å². The van der Waals surface area contributed by atoms with Gasteiger partial charge in [0.2, 0.25) is 0 Å². The first-order valence-corrected chi connectivity index (χ1v) is 8.96. The van der Waals surface area contributed by atoms with Crippen LogP contribution in [0.15, 0.2) is 54.7 Å². The summed E-state index contributed by atoms with van der Waals surface area (Å²) in [5.74, 6) is 1.43. The number of aromatic nitrogens is 2. The van der Waals surface area contributed by atoms with E-state index in [1.165, 1.54) is 5.56 Å². The number of nitrogens with one attached hydrogen (secondary N) is 1. The van der Waals surface area contributed by atoms with Crippen molar-refractivity contribution in [1.82, 2.24) is 9.78 Å². The first kappa shape index (κ1) is 16.7. The number of fused-ring (bicyclic) bond motifs is 2. The van der Waals surface area contributed by atoms with E-state index in [2.05, 4.69) is 36.4 Å². The van der Waals surface area contributed by atoms with Crippen LogP contribution in [0.25, 0.3) is 0 Å². The molecule has 0 saturated carbocycles. The fourth-order valence-electron chi connectivity index (χ4n) is 3.44. The molecule has 134 valence electrons. The average molecular weight is 348 g/mol. The van der Waals surface area contributed by atoms with Gasteiger partial charge in [0.1, 0.15) is 5.82 Å². The molecule has 2 N–H and O–H groups in total. The highest BCUT2D eigenvalue weighted by Crippen LogP contribution is 2.39. The molecule has 0 saturated heterocycles. The second kappa shape index (κ2) is 6.50. The Morgan fingerprint density at radius 3 is 2.46 bits per heavy atom. The minimum absolute atomic E-state index is 0.474. The van der Waals surface area contributed by atoms with Gasteiger partial charge < -0.3 is 15.3 Å². The van der Waals surface area contributed by atoms with E-state index < -0.39 is 6.23 Å². The molecule has 1 aromatic heterocycles. The maximum atomic E-state index is 11.1. The number of para-hydroxylation sites is 2. The molecule has 0 bridgehead atoms. The lowest BCUT2D eigenvalue weighted by molar-refractivity contribution is 0.170. The Morgan fingerprint density at radius 1 is 1.04 bits per heavy atom. The molecule has 0 spiro atoms. The monoisotopic (exact) mass is 348 g/mol. The number of benzene rings is 2. The van der Waals surface area contributed by atoms with Crippen LogP contribution >= 0.6 is 0 Å².